The van der Waals surface area contributed by atoms with Crippen LogP contribution >= 0.6 is 11.6 Å². The van der Waals surface area contributed by atoms with Crippen molar-refractivity contribution in [1.29, 1.82) is 0 Å². The third-order valence-electron chi connectivity index (χ3n) is 5.15. The Morgan fingerprint density at radius 2 is 1.67 bits per heavy atom. The monoisotopic (exact) mass is 485 g/mol. The Kier molecular flexibility index (Phi) is 6.07. The molecular weight excluding hydrogens is 466 g/mol. The zero-order valence-electron chi connectivity index (χ0n) is 17.2. The second-order valence-corrected chi connectivity index (χ2v) is 9.56. The van der Waals surface area contributed by atoms with E-state index in [0.717, 1.165) is 0 Å². The second kappa shape index (κ2) is 8.81. The molecule has 1 fully saturated rings. The van der Waals surface area contributed by atoms with Crippen LogP contribution in [0.2, 0.25) is 5.02 Å². The number of rotatable bonds is 6. The van der Waals surface area contributed by atoms with E-state index in [1.54, 1.807) is 54.6 Å². The quantitative estimate of drug-likeness (QED) is 0.423. The number of carbonyl (C=O) groups excluding carboxylic acids is 2. The van der Waals surface area contributed by atoms with Crippen LogP contribution in [0.3, 0.4) is 0 Å². The molecule has 3 amide bonds. The SMILES string of the molecule is NS(=O)(=O)c1ccccc1-c1ccc(NC(=O)C2(NC(=O)Nc3ccc(Cl)cc3)CC2)nc1. The van der Waals surface area contributed by atoms with E-state index in [1.807, 2.05) is 0 Å². The minimum Gasteiger partial charge on any atom is -0.323 e. The summed E-state index contributed by atoms with van der Waals surface area (Å²) in [7, 11) is -3.91. The van der Waals surface area contributed by atoms with E-state index < -0.39 is 21.6 Å². The number of benzene rings is 2. The van der Waals surface area contributed by atoms with Crippen molar-refractivity contribution in [3.8, 4) is 11.1 Å². The molecule has 11 heteroatoms. The topological polar surface area (TPSA) is 143 Å². The van der Waals surface area contributed by atoms with Crippen LogP contribution in [0.5, 0.6) is 0 Å². The largest absolute Gasteiger partial charge is 0.323 e. The summed E-state index contributed by atoms with van der Waals surface area (Å²) in [6, 6.07) is 15.6. The Hall–Kier alpha value is -3.47. The summed E-state index contributed by atoms with van der Waals surface area (Å²) in [6.45, 7) is 0. The van der Waals surface area contributed by atoms with Gasteiger partial charge in [0.2, 0.25) is 10.0 Å². The van der Waals surface area contributed by atoms with Gasteiger partial charge in [0.25, 0.3) is 5.91 Å². The van der Waals surface area contributed by atoms with E-state index in [4.69, 9.17) is 16.7 Å². The first-order valence-corrected chi connectivity index (χ1v) is 11.8. The van der Waals surface area contributed by atoms with Gasteiger partial charge in [0.1, 0.15) is 11.4 Å². The van der Waals surface area contributed by atoms with Crippen molar-refractivity contribution < 1.29 is 18.0 Å². The van der Waals surface area contributed by atoms with Gasteiger partial charge < -0.3 is 16.0 Å². The lowest BCUT2D eigenvalue weighted by Gasteiger charge is -2.17. The molecule has 0 aliphatic heterocycles. The number of hydrogen-bond acceptors (Lipinski definition) is 5. The van der Waals surface area contributed by atoms with Crippen LogP contribution in [0.4, 0.5) is 16.3 Å². The highest BCUT2D eigenvalue weighted by molar-refractivity contribution is 7.89. The zero-order chi connectivity index (χ0) is 23.6. The molecule has 9 nitrogen and oxygen atoms in total. The molecule has 1 saturated carbocycles. The van der Waals surface area contributed by atoms with Gasteiger partial charge in [-0.05, 0) is 55.3 Å². The van der Waals surface area contributed by atoms with Crippen LogP contribution in [0, 0.1) is 0 Å². The average Bonchev–Trinajstić information content (AvgIpc) is 3.56. The number of primary sulfonamides is 1. The lowest BCUT2D eigenvalue weighted by atomic mass is 10.1. The van der Waals surface area contributed by atoms with Crippen molar-refractivity contribution in [3.05, 3.63) is 71.9 Å². The first-order valence-electron chi connectivity index (χ1n) is 9.91. The number of amides is 3. The molecule has 170 valence electrons. The van der Waals surface area contributed by atoms with Gasteiger partial charge in [0, 0.05) is 28.0 Å². The van der Waals surface area contributed by atoms with Crippen LogP contribution in [-0.2, 0) is 14.8 Å². The maximum absolute atomic E-state index is 12.8. The fraction of sp³-hybridized carbons (Fsp3) is 0.136. The Balaban J connectivity index is 1.42. The van der Waals surface area contributed by atoms with Crippen molar-refractivity contribution in [1.82, 2.24) is 10.3 Å². The molecule has 1 aliphatic carbocycles. The summed E-state index contributed by atoms with van der Waals surface area (Å²) in [5, 5.41) is 13.9. The number of pyridine rings is 1. The minimum absolute atomic E-state index is 0.0172. The summed E-state index contributed by atoms with van der Waals surface area (Å²) in [5.41, 5.74) is 0.464. The van der Waals surface area contributed by atoms with Gasteiger partial charge in [-0.3, -0.25) is 4.79 Å². The number of halogens is 1. The lowest BCUT2D eigenvalue weighted by molar-refractivity contribution is -0.118. The molecule has 1 aromatic heterocycles. The lowest BCUT2D eigenvalue weighted by Crippen LogP contribution is -2.47. The summed E-state index contributed by atoms with van der Waals surface area (Å²) in [5.74, 6) is -0.123. The molecule has 0 bridgehead atoms. The first kappa shape index (κ1) is 22.7. The van der Waals surface area contributed by atoms with Crippen LogP contribution in [0.15, 0.2) is 71.8 Å². The standard InChI is InChI=1S/C22H20ClN5O4S/c23-15-6-8-16(9-7-15)26-21(30)28-22(11-12-22)20(29)27-19-10-5-14(13-25-19)17-3-1-2-4-18(17)33(24,31)32/h1-10,13H,11-12H2,(H2,24,31,32)(H,25,27,29)(H2,26,28,30). The summed E-state index contributed by atoms with van der Waals surface area (Å²) in [4.78, 5) is 29.3. The fourth-order valence-electron chi connectivity index (χ4n) is 3.26. The van der Waals surface area contributed by atoms with Gasteiger partial charge in [0.15, 0.2) is 0 Å². The molecule has 1 aliphatic rings. The molecule has 0 atom stereocenters. The number of nitrogens with zero attached hydrogens (tertiary/aromatic N) is 1. The number of hydrogen-bond donors (Lipinski definition) is 4. The number of aromatic nitrogens is 1. The Morgan fingerprint density at radius 1 is 0.970 bits per heavy atom. The van der Waals surface area contributed by atoms with Crippen LogP contribution in [0.1, 0.15) is 12.8 Å². The van der Waals surface area contributed by atoms with Gasteiger partial charge in [-0.15, -0.1) is 0 Å². The summed E-state index contributed by atoms with van der Waals surface area (Å²) in [6.07, 6.45) is 2.43. The van der Waals surface area contributed by atoms with Gasteiger partial charge in [-0.2, -0.15) is 0 Å². The Bertz CT molecular complexity index is 1310. The molecule has 5 N–H and O–H groups in total. The van der Waals surface area contributed by atoms with Crippen molar-refractivity contribution in [2.75, 3.05) is 10.6 Å². The molecule has 4 rings (SSSR count). The number of nitrogens with one attached hydrogen (secondary N) is 3. The summed E-state index contributed by atoms with van der Waals surface area (Å²) < 4.78 is 23.7. The molecule has 2 aromatic carbocycles. The molecule has 0 saturated heterocycles. The molecule has 0 spiro atoms. The third kappa shape index (κ3) is 5.30. The number of carbonyl (C=O) groups is 2. The summed E-state index contributed by atoms with van der Waals surface area (Å²) >= 11 is 5.84. The van der Waals surface area contributed by atoms with E-state index >= 15 is 0 Å². The number of anilines is 2. The smallest absolute Gasteiger partial charge is 0.320 e. The van der Waals surface area contributed by atoms with E-state index in [1.165, 1.54) is 12.3 Å². The van der Waals surface area contributed by atoms with Gasteiger partial charge in [-0.1, -0.05) is 29.8 Å². The number of urea groups is 1. The first-order chi connectivity index (χ1) is 15.7. The molecular formula is C22H20ClN5O4S. The highest BCUT2D eigenvalue weighted by atomic mass is 35.5. The fourth-order valence-corrected chi connectivity index (χ4v) is 4.15. The van der Waals surface area contributed by atoms with Gasteiger partial charge >= 0.3 is 6.03 Å². The predicted octanol–water partition coefficient (Wildman–Crippen LogP) is 3.34. The Labute approximate surface area is 195 Å². The predicted molar refractivity (Wildman–Crippen MR) is 125 cm³/mol. The minimum atomic E-state index is -3.91. The molecule has 0 radical (unpaired) electrons. The van der Waals surface area contributed by atoms with Gasteiger partial charge in [-0.25, -0.2) is 23.3 Å². The third-order valence-corrected chi connectivity index (χ3v) is 6.37. The van der Waals surface area contributed by atoms with Crippen molar-refractivity contribution in [2.45, 2.75) is 23.3 Å². The van der Waals surface area contributed by atoms with Gasteiger partial charge in [0.05, 0.1) is 4.90 Å². The molecule has 0 unspecified atom stereocenters. The molecule has 1 heterocycles. The average molecular weight is 486 g/mol. The van der Waals surface area contributed by atoms with Crippen LogP contribution in [0.25, 0.3) is 11.1 Å². The maximum Gasteiger partial charge on any atom is 0.320 e. The van der Waals surface area contributed by atoms with E-state index in [-0.39, 0.29) is 16.6 Å². The van der Waals surface area contributed by atoms with E-state index in [0.29, 0.717) is 34.7 Å². The van der Waals surface area contributed by atoms with E-state index in [9.17, 15) is 18.0 Å². The number of nitrogens with two attached hydrogens (primary N) is 1. The van der Waals surface area contributed by atoms with Crippen LogP contribution < -0.4 is 21.1 Å². The van der Waals surface area contributed by atoms with E-state index in [2.05, 4.69) is 20.9 Å². The second-order valence-electron chi connectivity index (χ2n) is 7.60. The van der Waals surface area contributed by atoms with Crippen molar-refractivity contribution >= 4 is 45.1 Å². The molecule has 3 aromatic rings. The zero-order valence-corrected chi connectivity index (χ0v) is 18.8. The Morgan fingerprint density at radius 3 is 2.27 bits per heavy atom. The number of sulfonamides is 1. The normalized spacial score (nSPS) is 14.2. The maximum atomic E-state index is 12.8. The van der Waals surface area contributed by atoms with Crippen molar-refractivity contribution in [3.63, 3.8) is 0 Å². The highest BCUT2D eigenvalue weighted by Gasteiger charge is 2.51. The highest BCUT2D eigenvalue weighted by Crippen LogP contribution is 2.36. The van der Waals surface area contributed by atoms with Crippen molar-refractivity contribution in [2.24, 2.45) is 5.14 Å². The molecule has 33 heavy (non-hydrogen) atoms. The van der Waals surface area contributed by atoms with Crippen LogP contribution in [-0.4, -0.2) is 30.9 Å².